The van der Waals surface area contributed by atoms with Crippen LogP contribution in [0.5, 0.6) is 0 Å². The van der Waals surface area contributed by atoms with Gasteiger partial charge in [-0.15, -0.1) is 0 Å². The molecule has 1 aromatic heterocycles. The molecule has 1 heterocycles. The number of allylic oxidation sites excluding steroid dienone is 2. The van der Waals surface area contributed by atoms with E-state index in [2.05, 4.69) is 0 Å². The summed E-state index contributed by atoms with van der Waals surface area (Å²) in [5.74, 6) is -0.784. The van der Waals surface area contributed by atoms with Gasteiger partial charge in [-0.05, 0) is 67.6 Å². The van der Waals surface area contributed by atoms with Crippen molar-refractivity contribution < 1.29 is 13.2 Å². The fourth-order valence-electron chi connectivity index (χ4n) is 4.43. The Morgan fingerprint density at radius 2 is 1.49 bits per heavy atom. The number of aryl methyl sites for hydroxylation is 2. The lowest BCUT2D eigenvalue weighted by molar-refractivity contribution is 0.615. The van der Waals surface area contributed by atoms with E-state index in [0.717, 1.165) is 11.1 Å². The van der Waals surface area contributed by atoms with E-state index in [-0.39, 0.29) is 16.6 Å². The first-order valence-electron chi connectivity index (χ1n) is 11.6. The third-order valence-corrected chi connectivity index (χ3v) is 6.27. The minimum Gasteiger partial charge on any atom is -0.456 e. The molecule has 5 rings (SSSR count). The maximum atomic E-state index is 15.0. The van der Waals surface area contributed by atoms with Crippen molar-refractivity contribution in [3.8, 4) is 0 Å². The number of rotatable bonds is 5. The maximum absolute atomic E-state index is 15.0. The second kappa shape index (κ2) is 9.30. The lowest BCUT2D eigenvalue weighted by atomic mass is 10.00. The Bertz CT molecular complexity index is 1710. The summed E-state index contributed by atoms with van der Waals surface area (Å²) in [7, 11) is 0. The number of hydrogen-bond acceptors (Lipinski definition) is 2. The average Bonchev–Trinajstić information content (AvgIpc) is 2.84. The Kier molecular flexibility index (Phi) is 6.04. The summed E-state index contributed by atoms with van der Waals surface area (Å²) in [6.45, 7) is 3.77. The van der Waals surface area contributed by atoms with Crippen LogP contribution in [0.4, 0.5) is 8.78 Å². The van der Waals surface area contributed by atoms with Crippen LogP contribution in [0.25, 0.3) is 44.9 Å². The highest BCUT2D eigenvalue weighted by atomic mass is 19.1. The van der Waals surface area contributed by atoms with E-state index in [1.165, 1.54) is 0 Å². The molecule has 0 saturated heterocycles. The molecule has 4 heteroatoms. The summed E-state index contributed by atoms with van der Waals surface area (Å²) in [4.78, 5) is 12.8. The van der Waals surface area contributed by atoms with Crippen molar-refractivity contribution in [3.05, 3.63) is 117 Å². The first-order valence-corrected chi connectivity index (χ1v) is 11.6. The number of halogens is 2. The number of benzene rings is 4. The molecule has 0 amide bonds. The van der Waals surface area contributed by atoms with Crippen LogP contribution in [0.3, 0.4) is 0 Å². The van der Waals surface area contributed by atoms with Crippen molar-refractivity contribution in [2.45, 2.75) is 26.7 Å². The highest BCUT2D eigenvalue weighted by Gasteiger charge is 2.12. The van der Waals surface area contributed by atoms with Crippen LogP contribution in [0.15, 0.2) is 82.0 Å². The van der Waals surface area contributed by atoms with Crippen LogP contribution >= 0.6 is 0 Å². The molecular weight excluding hydrogens is 442 g/mol. The molecule has 0 spiro atoms. The van der Waals surface area contributed by atoms with Crippen molar-refractivity contribution in [2.75, 3.05) is 0 Å². The van der Waals surface area contributed by atoms with E-state index in [9.17, 15) is 9.18 Å². The second-order valence-electron chi connectivity index (χ2n) is 8.73. The molecule has 2 nitrogen and oxygen atoms in total. The molecular formula is C31H24F2O2. The Hall–Kier alpha value is -4.05. The molecule has 0 N–H and O–H groups in total. The van der Waals surface area contributed by atoms with E-state index < -0.39 is 5.82 Å². The van der Waals surface area contributed by atoms with E-state index in [1.54, 1.807) is 48.6 Å². The minimum atomic E-state index is -0.406. The van der Waals surface area contributed by atoms with E-state index in [4.69, 9.17) is 4.42 Å². The number of hydrogen-bond donors (Lipinski definition) is 0. The van der Waals surface area contributed by atoms with Crippen LogP contribution in [0.2, 0.25) is 0 Å². The maximum Gasteiger partial charge on any atom is 0.200 e. The van der Waals surface area contributed by atoms with E-state index in [1.807, 2.05) is 50.3 Å². The van der Waals surface area contributed by atoms with Crippen molar-refractivity contribution in [1.82, 2.24) is 0 Å². The summed E-state index contributed by atoms with van der Waals surface area (Å²) in [6.07, 6.45) is 8.43. The molecule has 0 saturated carbocycles. The summed E-state index contributed by atoms with van der Waals surface area (Å²) in [6, 6.07) is 17.6. The van der Waals surface area contributed by atoms with Gasteiger partial charge in [-0.3, -0.25) is 4.79 Å². The van der Waals surface area contributed by atoms with Crippen molar-refractivity contribution in [3.63, 3.8) is 0 Å². The number of fused-ring (bicyclic) bond motifs is 3. The Morgan fingerprint density at radius 3 is 2.29 bits per heavy atom. The Morgan fingerprint density at radius 1 is 0.800 bits per heavy atom. The topological polar surface area (TPSA) is 30.2 Å². The fourth-order valence-corrected chi connectivity index (χ4v) is 4.43. The zero-order chi connectivity index (χ0) is 24.5. The highest BCUT2D eigenvalue weighted by Crippen LogP contribution is 2.27. The molecule has 0 aliphatic rings. The predicted molar refractivity (Wildman–Crippen MR) is 141 cm³/mol. The van der Waals surface area contributed by atoms with Crippen LogP contribution < -0.4 is 5.43 Å². The third-order valence-electron chi connectivity index (χ3n) is 6.27. The Balaban J connectivity index is 1.37. The SMILES string of the molecule is C/C=C/c1ccc2c(F)c(CC/C=C/c3ccc4c(=O)c5ccc(C)cc5oc4c3)ccc2c1F. The molecule has 0 atom stereocenters. The zero-order valence-electron chi connectivity index (χ0n) is 19.6. The molecule has 0 aliphatic heterocycles. The molecule has 35 heavy (non-hydrogen) atoms. The van der Waals surface area contributed by atoms with Gasteiger partial charge in [0.25, 0.3) is 0 Å². The van der Waals surface area contributed by atoms with Gasteiger partial charge in [0.05, 0.1) is 10.8 Å². The van der Waals surface area contributed by atoms with Gasteiger partial charge in [-0.1, -0.05) is 60.7 Å². The average molecular weight is 467 g/mol. The molecule has 5 aromatic rings. The quantitative estimate of drug-likeness (QED) is 0.244. The van der Waals surface area contributed by atoms with Gasteiger partial charge >= 0.3 is 0 Å². The Labute approximate surface area is 201 Å². The van der Waals surface area contributed by atoms with Crippen LogP contribution in [0, 0.1) is 18.6 Å². The molecule has 0 aliphatic carbocycles. The van der Waals surface area contributed by atoms with E-state index in [0.29, 0.717) is 51.3 Å². The summed E-state index contributed by atoms with van der Waals surface area (Å²) in [5.41, 5.74) is 3.98. The van der Waals surface area contributed by atoms with Crippen LogP contribution in [-0.4, -0.2) is 0 Å². The lowest BCUT2D eigenvalue weighted by Gasteiger charge is -2.08. The normalized spacial score (nSPS) is 12.1. The molecule has 0 fully saturated rings. The van der Waals surface area contributed by atoms with Gasteiger partial charge in [0.1, 0.15) is 22.8 Å². The smallest absolute Gasteiger partial charge is 0.200 e. The summed E-state index contributed by atoms with van der Waals surface area (Å²) in [5, 5.41) is 1.70. The second-order valence-corrected chi connectivity index (χ2v) is 8.73. The first-order chi connectivity index (χ1) is 17.0. The van der Waals surface area contributed by atoms with E-state index >= 15 is 4.39 Å². The fraction of sp³-hybridized carbons (Fsp3) is 0.129. The monoisotopic (exact) mass is 466 g/mol. The van der Waals surface area contributed by atoms with Crippen LogP contribution in [0.1, 0.15) is 35.6 Å². The largest absolute Gasteiger partial charge is 0.456 e. The van der Waals surface area contributed by atoms with Crippen molar-refractivity contribution in [1.29, 1.82) is 0 Å². The molecule has 174 valence electrons. The summed E-state index contributed by atoms with van der Waals surface area (Å²) < 4.78 is 35.7. The zero-order valence-corrected chi connectivity index (χ0v) is 19.6. The molecule has 0 unspecified atom stereocenters. The van der Waals surface area contributed by atoms with Gasteiger partial charge in [0.15, 0.2) is 0 Å². The minimum absolute atomic E-state index is 0.0437. The van der Waals surface area contributed by atoms with Crippen LogP contribution in [-0.2, 0) is 6.42 Å². The molecule has 0 bridgehead atoms. The van der Waals surface area contributed by atoms with Gasteiger partial charge in [0, 0.05) is 16.3 Å². The van der Waals surface area contributed by atoms with Crippen molar-refractivity contribution >= 4 is 44.9 Å². The van der Waals surface area contributed by atoms with Crippen molar-refractivity contribution in [2.24, 2.45) is 0 Å². The first kappa shape index (κ1) is 22.7. The molecule has 0 radical (unpaired) electrons. The lowest BCUT2D eigenvalue weighted by Crippen LogP contribution is -2.02. The summed E-state index contributed by atoms with van der Waals surface area (Å²) >= 11 is 0. The van der Waals surface area contributed by atoms with Gasteiger partial charge < -0.3 is 4.42 Å². The van der Waals surface area contributed by atoms with Gasteiger partial charge in [-0.2, -0.15) is 0 Å². The third kappa shape index (κ3) is 4.28. The predicted octanol–water partition coefficient (Wildman–Crippen LogP) is 8.37. The highest BCUT2D eigenvalue weighted by molar-refractivity contribution is 5.91. The molecule has 4 aromatic carbocycles. The standard InChI is InChI=1S/C31H24F2O2/c1-3-6-21-11-15-24-23(29(21)32)16-12-22(30(24)33)8-5-4-7-20-10-14-26-28(18-20)35-27-17-19(2)9-13-25(27)31(26)34/h3-4,6-7,9-18H,5,8H2,1-2H3/b6-3+,7-4+. The van der Waals surface area contributed by atoms with Gasteiger partial charge in [0.2, 0.25) is 5.43 Å². The van der Waals surface area contributed by atoms with Gasteiger partial charge in [-0.25, -0.2) is 8.78 Å².